The number of amides is 1. The number of carbonyl (C=O) groups excluding carboxylic acids is 1. The van der Waals surface area contributed by atoms with E-state index >= 15 is 0 Å². The monoisotopic (exact) mass is 427 g/mol. The summed E-state index contributed by atoms with van der Waals surface area (Å²) in [6, 6.07) is 15.8. The van der Waals surface area contributed by atoms with Gasteiger partial charge in [0.2, 0.25) is 5.91 Å². The number of rotatable bonds is 8. The smallest absolute Gasteiger partial charge is 0.224 e. The Kier molecular flexibility index (Phi) is 6.56. The third-order valence-electron chi connectivity index (χ3n) is 4.45. The van der Waals surface area contributed by atoms with Gasteiger partial charge in [-0.05, 0) is 68.8 Å². The summed E-state index contributed by atoms with van der Waals surface area (Å²) in [4.78, 5) is 12.5. The summed E-state index contributed by atoms with van der Waals surface area (Å²) in [5, 5.41) is 7.36. The lowest BCUT2D eigenvalue weighted by Gasteiger charge is -2.10. The van der Waals surface area contributed by atoms with Crippen LogP contribution in [0, 0.1) is 13.8 Å². The van der Waals surface area contributed by atoms with Crippen LogP contribution in [0.15, 0.2) is 59.5 Å². The zero-order valence-corrected chi connectivity index (χ0v) is 18.1. The molecule has 3 rings (SSSR count). The van der Waals surface area contributed by atoms with E-state index in [-0.39, 0.29) is 10.8 Å². The number of nitrogens with one attached hydrogen (secondary N) is 1. The van der Waals surface area contributed by atoms with Crippen molar-refractivity contribution in [3.05, 3.63) is 66.0 Å². The predicted molar refractivity (Wildman–Crippen MR) is 116 cm³/mol. The van der Waals surface area contributed by atoms with Crippen molar-refractivity contribution in [1.82, 2.24) is 9.78 Å². The summed E-state index contributed by atoms with van der Waals surface area (Å²) >= 11 is 0. The van der Waals surface area contributed by atoms with Crippen molar-refractivity contribution in [2.75, 3.05) is 18.2 Å². The van der Waals surface area contributed by atoms with Crippen LogP contribution < -0.4 is 10.1 Å². The number of aryl methyl sites for hydroxylation is 2. The van der Waals surface area contributed by atoms with Crippen LogP contribution in [0.25, 0.3) is 5.69 Å². The van der Waals surface area contributed by atoms with Crippen molar-refractivity contribution in [3.63, 3.8) is 0 Å². The molecule has 8 heteroatoms. The van der Waals surface area contributed by atoms with E-state index in [0.29, 0.717) is 30.9 Å². The van der Waals surface area contributed by atoms with Crippen LogP contribution in [0.5, 0.6) is 5.75 Å². The fraction of sp³-hybridized carbons (Fsp3) is 0.273. The molecular weight excluding hydrogens is 402 g/mol. The summed E-state index contributed by atoms with van der Waals surface area (Å²) < 4.78 is 30.3. The third-order valence-corrected chi connectivity index (χ3v) is 5.58. The molecule has 0 fully saturated rings. The van der Waals surface area contributed by atoms with Crippen LogP contribution in [0.3, 0.4) is 0 Å². The van der Waals surface area contributed by atoms with Crippen LogP contribution >= 0.6 is 0 Å². The molecule has 7 nitrogen and oxygen atoms in total. The maximum Gasteiger partial charge on any atom is 0.224 e. The SMILES string of the molecule is Cc1cc(C)n(-c2cccc(NC(=O)CCCOc3ccc(S(C)(=O)=O)cc3)c2)n1. The number of anilines is 1. The van der Waals surface area contributed by atoms with Crippen molar-refractivity contribution in [2.24, 2.45) is 0 Å². The van der Waals surface area contributed by atoms with Crippen LogP contribution in [0.4, 0.5) is 5.69 Å². The number of benzene rings is 2. The molecule has 0 saturated carbocycles. The Morgan fingerprint density at radius 1 is 1.10 bits per heavy atom. The molecule has 0 atom stereocenters. The van der Waals surface area contributed by atoms with Gasteiger partial charge in [0.1, 0.15) is 5.75 Å². The topological polar surface area (TPSA) is 90.3 Å². The molecule has 0 unspecified atom stereocenters. The van der Waals surface area contributed by atoms with E-state index in [1.54, 1.807) is 12.1 Å². The second-order valence-electron chi connectivity index (χ2n) is 7.13. The fourth-order valence-corrected chi connectivity index (χ4v) is 3.67. The lowest BCUT2D eigenvalue weighted by molar-refractivity contribution is -0.116. The zero-order valence-electron chi connectivity index (χ0n) is 17.3. The number of nitrogens with zero attached hydrogens (tertiary/aromatic N) is 2. The molecule has 30 heavy (non-hydrogen) atoms. The first kappa shape index (κ1) is 21.6. The highest BCUT2D eigenvalue weighted by Crippen LogP contribution is 2.18. The maximum atomic E-state index is 12.2. The van der Waals surface area contributed by atoms with Gasteiger partial charge in [-0.15, -0.1) is 0 Å². The Balaban J connectivity index is 1.48. The lowest BCUT2D eigenvalue weighted by Crippen LogP contribution is -2.13. The van der Waals surface area contributed by atoms with E-state index in [4.69, 9.17) is 4.74 Å². The highest BCUT2D eigenvalue weighted by Gasteiger charge is 2.08. The normalized spacial score (nSPS) is 11.3. The summed E-state index contributed by atoms with van der Waals surface area (Å²) in [6.07, 6.45) is 2.01. The number of hydrogen-bond acceptors (Lipinski definition) is 5. The minimum Gasteiger partial charge on any atom is -0.494 e. The average Bonchev–Trinajstić information content (AvgIpc) is 3.03. The Hall–Kier alpha value is -3.13. The van der Waals surface area contributed by atoms with E-state index in [2.05, 4.69) is 10.4 Å². The molecule has 0 saturated heterocycles. The molecule has 0 radical (unpaired) electrons. The van der Waals surface area contributed by atoms with Crippen LogP contribution in [0.2, 0.25) is 0 Å². The summed E-state index contributed by atoms with van der Waals surface area (Å²) in [5.74, 6) is 0.469. The highest BCUT2D eigenvalue weighted by atomic mass is 32.2. The summed E-state index contributed by atoms with van der Waals surface area (Å²) in [6.45, 7) is 4.29. The van der Waals surface area contributed by atoms with Crippen molar-refractivity contribution in [3.8, 4) is 11.4 Å². The second kappa shape index (κ2) is 9.13. The standard InChI is InChI=1S/C22H25N3O4S/c1-16-14-17(2)25(24-16)19-7-4-6-18(15-19)23-22(26)8-5-13-29-20-9-11-21(12-10-20)30(3,27)28/h4,6-7,9-12,14-15H,5,8,13H2,1-3H3,(H,23,26). The van der Waals surface area contributed by atoms with Gasteiger partial charge in [-0.25, -0.2) is 13.1 Å². The fourth-order valence-electron chi connectivity index (χ4n) is 3.03. The summed E-state index contributed by atoms with van der Waals surface area (Å²) in [7, 11) is -3.22. The van der Waals surface area contributed by atoms with Crippen molar-refractivity contribution < 1.29 is 17.9 Å². The minimum absolute atomic E-state index is 0.100. The first-order chi connectivity index (χ1) is 14.2. The second-order valence-corrected chi connectivity index (χ2v) is 9.15. The molecule has 1 aromatic heterocycles. The number of carbonyl (C=O) groups is 1. The summed E-state index contributed by atoms with van der Waals surface area (Å²) in [5.41, 5.74) is 3.56. The molecule has 1 heterocycles. The van der Waals surface area contributed by atoms with Crippen molar-refractivity contribution in [1.29, 1.82) is 0 Å². The number of aromatic nitrogens is 2. The van der Waals surface area contributed by atoms with Gasteiger partial charge >= 0.3 is 0 Å². The van der Waals surface area contributed by atoms with E-state index in [1.807, 2.05) is 48.9 Å². The molecule has 3 aromatic rings. The lowest BCUT2D eigenvalue weighted by atomic mass is 10.2. The number of hydrogen-bond donors (Lipinski definition) is 1. The Bertz CT molecular complexity index is 1140. The predicted octanol–water partition coefficient (Wildman–Crippen LogP) is 3.69. The Labute approximate surface area is 176 Å². The molecular formula is C22H25N3O4S. The van der Waals surface area contributed by atoms with Gasteiger partial charge in [0, 0.05) is 24.1 Å². The largest absolute Gasteiger partial charge is 0.494 e. The number of ether oxygens (including phenoxy) is 1. The molecule has 0 aliphatic heterocycles. The Morgan fingerprint density at radius 3 is 2.47 bits per heavy atom. The van der Waals surface area contributed by atoms with E-state index in [1.165, 1.54) is 12.1 Å². The van der Waals surface area contributed by atoms with Gasteiger partial charge in [-0.1, -0.05) is 6.07 Å². The quantitative estimate of drug-likeness (QED) is 0.554. The maximum absolute atomic E-state index is 12.2. The van der Waals surface area contributed by atoms with Gasteiger partial charge in [-0.2, -0.15) is 5.10 Å². The molecule has 0 aliphatic rings. The van der Waals surface area contributed by atoms with Crippen LogP contribution in [-0.4, -0.2) is 37.0 Å². The first-order valence-corrected chi connectivity index (χ1v) is 11.5. The molecule has 0 bridgehead atoms. The number of sulfone groups is 1. The van der Waals surface area contributed by atoms with Gasteiger partial charge < -0.3 is 10.1 Å². The van der Waals surface area contributed by atoms with Gasteiger partial charge in [0.25, 0.3) is 0 Å². The first-order valence-electron chi connectivity index (χ1n) is 9.59. The van der Waals surface area contributed by atoms with Gasteiger partial charge in [0.05, 0.1) is 22.9 Å². The zero-order chi connectivity index (χ0) is 21.7. The molecule has 0 spiro atoms. The molecule has 1 amide bonds. The van der Waals surface area contributed by atoms with E-state index < -0.39 is 9.84 Å². The molecule has 2 aromatic carbocycles. The molecule has 158 valence electrons. The van der Waals surface area contributed by atoms with Crippen molar-refractivity contribution in [2.45, 2.75) is 31.6 Å². The average molecular weight is 428 g/mol. The third kappa shape index (κ3) is 5.70. The molecule has 0 aliphatic carbocycles. The highest BCUT2D eigenvalue weighted by molar-refractivity contribution is 7.90. The van der Waals surface area contributed by atoms with E-state index in [0.717, 1.165) is 23.3 Å². The minimum atomic E-state index is -3.22. The van der Waals surface area contributed by atoms with E-state index in [9.17, 15) is 13.2 Å². The van der Waals surface area contributed by atoms with Crippen LogP contribution in [-0.2, 0) is 14.6 Å². The van der Waals surface area contributed by atoms with Gasteiger partial charge in [0.15, 0.2) is 9.84 Å². The van der Waals surface area contributed by atoms with Gasteiger partial charge in [-0.3, -0.25) is 4.79 Å². The van der Waals surface area contributed by atoms with Crippen molar-refractivity contribution >= 4 is 21.4 Å². The Morgan fingerprint density at radius 2 is 1.83 bits per heavy atom. The molecule has 1 N–H and O–H groups in total. The van der Waals surface area contributed by atoms with Crippen LogP contribution in [0.1, 0.15) is 24.2 Å².